The Balaban J connectivity index is 0.000000354. The van der Waals surface area contributed by atoms with Gasteiger partial charge in [-0.15, -0.1) is 0 Å². The van der Waals surface area contributed by atoms with E-state index >= 15 is 0 Å². The molecule has 0 radical (unpaired) electrons. The molecule has 0 aromatic carbocycles. The summed E-state index contributed by atoms with van der Waals surface area (Å²) in [6, 6.07) is 0. The van der Waals surface area contributed by atoms with Gasteiger partial charge in [-0.2, -0.15) is 0 Å². The van der Waals surface area contributed by atoms with E-state index in [4.69, 9.17) is 19.7 Å². The van der Waals surface area contributed by atoms with Crippen LogP contribution < -0.4 is 5.32 Å². The van der Waals surface area contributed by atoms with Crippen LogP contribution in [0.15, 0.2) is 107 Å². The highest BCUT2D eigenvalue weighted by molar-refractivity contribution is 6.18. The van der Waals surface area contributed by atoms with Gasteiger partial charge in [0.25, 0.3) is 0 Å². The largest absolute Gasteiger partial charge is 0.515 e. The Labute approximate surface area is 286 Å². The van der Waals surface area contributed by atoms with Crippen LogP contribution in [-0.4, -0.2) is 59.2 Å². The number of amides is 1. The fourth-order valence-electron chi connectivity index (χ4n) is 5.88. The topological polar surface area (TPSA) is 116 Å². The Morgan fingerprint density at radius 2 is 1.62 bits per heavy atom. The maximum absolute atomic E-state index is 11.1. The number of esters is 1. The van der Waals surface area contributed by atoms with Crippen molar-refractivity contribution in [3.8, 4) is 0 Å². The summed E-state index contributed by atoms with van der Waals surface area (Å²) >= 11 is 0. The standard InChI is InChI=1S/C28H30N4O.C9H17NO3.C2H6/c1-7-19-16(4)26-12-28-20(13-33)17(5)25(32-28)10-21-14(2)8-23(29-21)18(6)24-9-15(3)22(30-24)11-27(19)31-26;1-4-9(12)10(3)6-5-7-13-8(2)11;1-2/h9-14,29,33H,7-8H2,1-6H3;4-7H2,1-3H3;1-2H3/b20-13-,21-10?,22-11?,23-18?,26-12?;;. The lowest BCUT2D eigenvalue weighted by Crippen LogP contribution is -2.27. The Hall–Kier alpha value is -4.53. The van der Waals surface area contributed by atoms with E-state index in [0.29, 0.717) is 31.9 Å². The number of aliphatic hydroxyl groups is 1. The maximum atomic E-state index is 11.1. The van der Waals surface area contributed by atoms with E-state index in [2.05, 4.69) is 58.2 Å². The number of carbonyl (C=O) groups excluding carboxylic acids is 2. The number of nitrogens with one attached hydrogen (secondary N) is 1. The first-order valence-electron chi connectivity index (χ1n) is 17.1. The minimum Gasteiger partial charge on any atom is -0.515 e. The van der Waals surface area contributed by atoms with E-state index in [1.165, 1.54) is 23.8 Å². The molecule has 5 aliphatic heterocycles. The summed E-state index contributed by atoms with van der Waals surface area (Å²) in [6.07, 6.45) is 12.6. The van der Waals surface area contributed by atoms with Crippen molar-refractivity contribution in [3.05, 3.63) is 92.5 Å². The van der Waals surface area contributed by atoms with Gasteiger partial charge in [0.05, 0.1) is 47.1 Å². The molecule has 48 heavy (non-hydrogen) atoms. The first-order chi connectivity index (χ1) is 22.9. The van der Waals surface area contributed by atoms with Crippen LogP contribution in [0.1, 0.15) is 94.9 Å². The van der Waals surface area contributed by atoms with Crippen LogP contribution in [0.4, 0.5) is 0 Å². The number of hydrogen-bond acceptors (Lipinski definition) is 8. The summed E-state index contributed by atoms with van der Waals surface area (Å²) in [5.41, 5.74) is 14.2. The van der Waals surface area contributed by atoms with Crippen molar-refractivity contribution in [2.45, 2.75) is 94.9 Å². The molecular formula is C39H53N5O4. The quantitative estimate of drug-likeness (QED) is 0.170. The molecule has 5 aliphatic rings. The maximum Gasteiger partial charge on any atom is 0.302 e. The van der Waals surface area contributed by atoms with Crippen LogP contribution in [0.3, 0.4) is 0 Å². The van der Waals surface area contributed by atoms with E-state index in [0.717, 1.165) is 81.3 Å². The van der Waals surface area contributed by atoms with Gasteiger partial charge in [0.15, 0.2) is 0 Å². The van der Waals surface area contributed by atoms with Gasteiger partial charge in [-0.3, -0.25) is 9.59 Å². The summed E-state index contributed by atoms with van der Waals surface area (Å²) in [6.45, 7) is 21.0. The number of ether oxygens (including phenoxy) is 1. The molecule has 0 aromatic rings. The normalized spacial score (nSPS) is 20.4. The highest BCUT2D eigenvalue weighted by atomic mass is 16.5. The fourth-order valence-corrected chi connectivity index (χ4v) is 5.88. The van der Waals surface area contributed by atoms with E-state index < -0.39 is 0 Å². The minimum absolute atomic E-state index is 0.114. The van der Waals surface area contributed by atoms with Gasteiger partial charge in [-0.1, -0.05) is 34.6 Å². The number of aliphatic imine (C=N–C) groups is 3. The van der Waals surface area contributed by atoms with Crippen molar-refractivity contribution in [2.24, 2.45) is 20.9 Å². The monoisotopic (exact) mass is 655 g/mol. The lowest BCUT2D eigenvalue weighted by Gasteiger charge is -2.15. The number of carbonyl (C=O) groups is 2. The number of aliphatic hydroxyl groups excluding tert-OH is 1. The van der Waals surface area contributed by atoms with E-state index in [1.54, 1.807) is 11.9 Å². The molecule has 2 N–H and O–H groups in total. The number of nitrogens with zero attached hydrogens (tertiary/aromatic N) is 4. The molecule has 8 bridgehead atoms. The van der Waals surface area contributed by atoms with E-state index in [1.807, 2.05) is 33.8 Å². The molecule has 9 heteroatoms. The molecule has 1 fully saturated rings. The molecule has 258 valence electrons. The first-order valence-corrected chi connectivity index (χ1v) is 17.1. The van der Waals surface area contributed by atoms with E-state index in [9.17, 15) is 14.7 Å². The number of hydrogen-bond donors (Lipinski definition) is 2. The third kappa shape index (κ3) is 8.68. The van der Waals surface area contributed by atoms with Gasteiger partial charge in [-0.05, 0) is 99.1 Å². The van der Waals surface area contributed by atoms with Gasteiger partial charge in [-0.25, -0.2) is 15.0 Å². The average molecular weight is 656 g/mol. The number of rotatable bonds is 6. The number of allylic oxidation sites excluding steroid dienone is 12. The van der Waals surface area contributed by atoms with Crippen LogP contribution in [-0.2, 0) is 14.3 Å². The second-order valence-corrected chi connectivity index (χ2v) is 12.2. The van der Waals surface area contributed by atoms with E-state index in [-0.39, 0.29) is 11.9 Å². The molecule has 1 unspecified atom stereocenters. The molecule has 9 nitrogen and oxygen atoms in total. The summed E-state index contributed by atoms with van der Waals surface area (Å²) in [5.74, 6) is 0.193. The highest BCUT2D eigenvalue weighted by Gasteiger charge is 2.28. The third-order valence-electron chi connectivity index (χ3n) is 8.86. The molecule has 0 aromatic heterocycles. The highest BCUT2D eigenvalue weighted by Crippen LogP contribution is 2.36. The summed E-state index contributed by atoms with van der Waals surface area (Å²) in [7, 11) is 1.75. The summed E-state index contributed by atoms with van der Waals surface area (Å²) in [4.78, 5) is 37.9. The average Bonchev–Trinajstić information content (AvgIpc) is 3.79. The van der Waals surface area contributed by atoms with Crippen LogP contribution >= 0.6 is 0 Å². The molecule has 1 atom stereocenters. The zero-order valence-corrected chi connectivity index (χ0v) is 30.7. The Bertz CT molecular complexity index is 1670. The molecule has 1 amide bonds. The molecule has 5 heterocycles. The smallest absolute Gasteiger partial charge is 0.302 e. The van der Waals surface area contributed by atoms with Crippen LogP contribution in [0.5, 0.6) is 0 Å². The second-order valence-electron chi connectivity index (χ2n) is 12.2. The van der Waals surface area contributed by atoms with Crippen molar-refractivity contribution in [2.75, 3.05) is 20.2 Å². The Kier molecular flexibility index (Phi) is 13.5. The second kappa shape index (κ2) is 17.0. The lowest BCUT2D eigenvalue weighted by molar-refractivity contribution is -0.141. The Morgan fingerprint density at radius 1 is 0.958 bits per heavy atom. The SMILES string of the molecule is CC.CCC(=O)N(C)CCCOC(C)=O.CCC1=C(C)C2=CC3=NC(=C(C)/C3=C/O)C=C3NC(=C(C)C4=NC(=CC1=N2)C(C)=C4)CC3C. The van der Waals surface area contributed by atoms with Crippen molar-refractivity contribution in [3.63, 3.8) is 0 Å². The predicted molar refractivity (Wildman–Crippen MR) is 197 cm³/mol. The molecule has 0 saturated carbocycles. The number of fused-ring (bicyclic) bond motifs is 5. The van der Waals surface area contributed by atoms with Gasteiger partial charge >= 0.3 is 5.97 Å². The van der Waals surface area contributed by atoms with Crippen molar-refractivity contribution < 1.29 is 19.4 Å². The van der Waals surface area contributed by atoms with Crippen molar-refractivity contribution in [1.29, 1.82) is 0 Å². The third-order valence-corrected chi connectivity index (χ3v) is 8.86. The molecular weight excluding hydrogens is 602 g/mol. The van der Waals surface area contributed by atoms with Crippen molar-refractivity contribution >= 4 is 29.0 Å². The summed E-state index contributed by atoms with van der Waals surface area (Å²) < 4.78 is 4.73. The van der Waals surface area contributed by atoms with Crippen LogP contribution in [0.25, 0.3) is 0 Å². The minimum atomic E-state index is -0.274. The molecule has 0 aliphatic carbocycles. The molecule has 5 rings (SSSR count). The molecule has 1 saturated heterocycles. The van der Waals surface area contributed by atoms with Gasteiger partial charge in [0.2, 0.25) is 5.91 Å². The van der Waals surface area contributed by atoms with Gasteiger partial charge < -0.3 is 20.1 Å². The Morgan fingerprint density at radius 3 is 2.25 bits per heavy atom. The summed E-state index contributed by atoms with van der Waals surface area (Å²) in [5, 5.41) is 13.6. The van der Waals surface area contributed by atoms with Crippen LogP contribution in [0.2, 0.25) is 0 Å². The first kappa shape index (κ1) is 37.9. The zero-order chi connectivity index (χ0) is 35.7. The van der Waals surface area contributed by atoms with Gasteiger partial charge in [0.1, 0.15) is 0 Å². The van der Waals surface area contributed by atoms with Gasteiger partial charge in [0, 0.05) is 49.8 Å². The molecule has 0 spiro atoms. The zero-order valence-electron chi connectivity index (χ0n) is 30.7. The lowest BCUT2D eigenvalue weighted by atomic mass is 9.99. The van der Waals surface area contributed by atoms with Crippen molar-refractivity contribution in [1.82, 2.24) is 10.2 Å². The van der Waals surface area contributed by atoms with Crippen LogP contribution in [0, 0.1) is 5.92 Å². The predicted octanol–water partition coefficient (Wildman–Crippen LogP) is 8.14. The fraction of sp³-hybridized carbons (Fsp3) is 0.462.